The lowest BCUT2D eigenvalue weighted by Gasteiger charge is -2.01. The number of aromatic nitrogens is 1. The van der Waals surface area contributed by atoms with Gasteiger partial charge in [-0.25, -0.2) is 13.8 Å². The molecule has 1 aromatic rings. The van der Waals surface area contributed by atoms with E-state index in [1.165, 1.54) is 6.39 Å². The van der Waals surface area contributed by atoms with Gasteiger partial charge in [-0.2, -0.15) is 0 Å². The fraction of sp³-hybridized carbons (Fsp3) is 0.625. The molecule has 0 saturated heterocycles. The van der Waals surface area contributed by atoms with Gasteiger partial charge in [0, 0.05) is 6.42 Å². The highest BCUT2D eigenvalue weighted by Gasteiger charge is 2.07. The Bertz CT molecular complexity index is 268. The zero-order valence-electron chi connectivity index (χ0n) is 7.38. The van der Waals surface area contributed by atoms with Crippen molar-refractivity contribution in [2.45, 2.75) is 18.7 Å². The normalized spacial score (nSPS) is 11.1. The lowest BCUT2D eigenvalue weighted by atomic mass is 10.3. The number of nitrogens with zero attached hydrogens (tertiary/aromatic N) is 1. The molecule has 0 spiro atoms. The number of hydrogen-bond donors (Lipinski definition) is 0. The summed E-state index contributed by atoms with van der Waals surface area (Å²) in [5, 5.41) is 0. The maximum absolute atomic E-state index is 11.7. The van der Waals surface area contributed by atoms with Crippen molar-refractivity contribution in [1.82, 2.24) is 4.98 Å². The number of alkyl halides is 3. The molecule has 0 amide bonds. The molecule has 0 radical (unpaired) electrons. The van der Waals surface area contributed by atoms with Crippen LogP contribution in [0.2, 0.25) is 0 Å². The predicted molar refractivity (Wildman–Crippen MR) is 46.6 cm³/mol. The summed E-state index contributed by atoms with van der Waals surface area (Å²) in [5.74, 6) is 0.843. The smallest absolute Gasteiger partial charge is 0.261 e. The Morgan fingerprint density at radius 3 is 3.00 bits per heavy atom. The molecule has 0 atom stereocenters. The molecule has 80 valence electrons. The lowest BCUT2D eigenvalue weighted by molar-refractivity contribution is 0.0176. The highest BCUT2D eigenvalue weighted by molar-refractivity contribution is 6.16. The molecule has 0 aliphatic heterocycles. The van der Waals surface area contributed by atoms with Gasteiger partial charge in [-0.3, -0.25) is 0 Å². The first-order valence-corrected chi connectivity index (χ1v) is 4.60. The van der Waals surface area contributed by atoms with Crippen molar-refractivity contribution >= 4 is 11.6 Å². The van der Waals surface area contributed by atoms with Crippen molar-refractivity contribution in [1.29, 1.82) is 0 Å². The number of oxazole rings is 1. The van der Waals surface area contributed by atoms with Gasteiger partial charge in [0.15, 0.2) is 6.39 Å². The summed E-state index contributed by atoms with van der Waals surface area (Å²) < 4.78 is 33.0. The zero-order chi connectivity index (χ0) is 10.4. The number of ether oxygens (including phenoxy) is 1. The van der Waals surface area contributed by atoms with E-state index in [1.54, 1.807) is 0 Å². The van der Waals surface area contributed by atoms with Gasteiger partial charge in [0.2, 0.25) is 0 Å². The molecule has 0 unspecified atom stereocenters. The first-order chi connectivity index (χ1) is 6.74. The van der Waals surface area contributed by atoms with Gasteiger partial charge in [-0.15, -0.1) is 11.6 Å². The molecule has 0 saturated carbocycles. The molecule has 14 heavy (non-hydrogen) atoms. The van der Waals surface area contributed by atoms with Gasteiger partial charge in [-0.1, -0.05) is 0 Å². The first-order valence-electron chi connectivity index (χ1n) is 4.07. The van der Waals surface area contributed by atoms with Crippen LogP contribution in [0.1, 0.15) is 11.5 Å². The fourth-order valence-electron chi connectivity index (χ4n) is 0.943. The maximum atomic E-state index is 11.7. The van der Waals surface area contributed by atoms with Crippen LogP contribution < -0.4 is 0 Å². The average Bonchev–Trinajstić information content (AvgIpc) is 2.59. The molecule has 0 N–H and O–H groups in total. The quantitative estimate of drug-likeness (QED) is 0.550. The molecule has 0 aliphatic rings. The van der Waals surface area contributed by atoms with Gasteiger partial charge < -0.3 is 9.15 Å². The van der Waals surface area contributed by atoms with Crippen molar-refractivity contribution in [2.24, 2.45) is 0 Å². The summed E-state index contributed by atoms with van der Waals surface area (Å²) >= 11 is 5.55. The van der Waals surface area contributed by atoms with Gasteiger partial charge in [0.25, 0.3) is 6.43 Å². The summed E-state index contributed by atoms with van der Waals surface area (Å²) in [6.07, 6.45) is -0.744. The monoisotopic (exact) mass is 225 g/mol. The SMILES string of the molecule is FC(F)COCCc1ocnc1CCl. The lowest BCUT2D eigenvalue weighted by Crippen LogP contribution is -2.07. The largest absolute Gasteiger partial charge is 0.448 e. The Balaban J connectivity index is 2.24. The minimum Gasteiger partial charge on any atom is -0.448 e. The minimum atomic E-state index is -2.43. The Kier molecular flexibility index (Phi) is 4.82. The molecule has 0 bridgehead atoms. The van der Waals surface area contributed by atoms with E-state index < -0.39 is 13.0 Å². The molecule has 0 aliphatic carbocycles. The van der Waals surface area contributed by atoms with Gasteiger partial charge in [0.05, 0.1) is 18.2 Å². The van der Waals surface area contributed by atoms with Crippen molar-refractivity contribution in [3.05, 3.63) is 17.8 Å². The molecular formula is C8H10ClF2NO2. The van der Waals surface area contributed by atoms with E-state index in [0.717, 1.165) is 0 Å². The van der Waals surface area contributed by atoms with E-state index in [2.05, 4.69) is 9.72 Å². The summed E-state index contributed by atoms with van der Waals surface area (Å²) in [7, 11) is 0. The molecule has 1 heterocycles. The Hall–Kier alpha value is -0.680. The second kappa shape index (κ2) is 5.93. The predicted octanol–water partition coefficient (Wildman–Crippen LogP) is 2.24. The second-order valence-electron chi connectivity index (χ2n) is 2.57. The van der Waals surface area contributed by atoms with Gasteiger partial charge >= 0.3 is 0 Å². The third-order valence-corrected chi connectivity index (χ3v) is 1.82. The topological polar surface area (TPSA) is 35.3 Å². The van der Waals surface area contributed by atoms with Crippen LogP contribution in [0, 0.1) is 0 Å². The molecule has 3 nitrogen and oxygen atoms in total. The Morgan fingerprint density at radius 1 is 1.57 bits per heavy atom. The fourth-order valence-corrected chi connectivity index (χ4v) is 1.16. The number of rotatable bonds is 6. The Labute approximate surface area is 85.0 Å². The zero-order valence-corrected chi connectivity index (χ0v) is 8.14. The van der Waals surface area contributed by atoms with Crippen LogP contribution in [0.3, 0.4) is 0 Å². The molecule has 1 rings (SSSR count). The van der Waals surface area contributed by atoms with E-state index in [1.807, 2.05) is 0 Å². The average molecular weight is 226 g/mol. The number of halogens is 3. The van der Waals surface area contributed by atoms with E-state index in [4.69, 9.17) is 16.0 Å². The van der Waals surface area contributed by atoms with Crippen LogP contribution in [0.15, 0.2) is 10.8 Å². The summed E-state index contributed by atoms with van der Waals surface area (Å²) in [6, 6.07) is 0. The van der Waals surface area contributed by atoms with E-state index in [-0.39, 0.29) is 12.5 Å². The summed E-state index contributed by atoms with van der Waals surface area (Å²) in [4.78, 5) is 3.85. The van der Waals surface area contributed by atoms with Crippen LogP contribution in [0.4, 0.5) is 8.78 Å². The highest BCUT2D eigenvalue weighted by Crippen LogP contribution is 2.10. The first kappa shape index (κ1) is 11.4. The molecule has 6 heteroatoms. The minimum absolute atomic E-state index is 0.184. The van der Waals surface area contributed by atoms with Crippen molar-refractivity contribution < 1.29 is 17.9 Å². The van der Waals surface area contributed by atoms with Crippen molar-refractivity contribution in [3.8, 4) is 0 Å². The second-order valence-corrected chi connectivity index (χ2v) is 2.84. The third kappa shape index (κ3) is 3.59. The summed E-state index contributed by atoms with van der Waals surface area (Å²) in [6.45, 7) is -0.367. The van der Waals surface area contributed by atoms with Crippen LogP contribution in [-0.2, 0) is 17.0 Å². The molecular weight excluding hydrogens is 216 g/mol. The van der Waals surface area contributed by atoms with Crippen molar-refractivity contribution in [3.63, 3.8) is 0 Å². The number of hydrogen-bond acceptors (Lipinski definition) is 3. The van der Waals surface area contributed by atoms with Gasteiger partial charge in [0.1, 0.15) is 12.4 Å². The summed E-state index contributed by atoms with van der Waals surface area (Å²) in [5.41, 5.74) is 0.632. The van der Waals surface area contributed by atoms with E-state index in [0.29, 0.717) is 17.9 Å². The highest BCUT2D eigenvalue weighted by atomic mass is 35.5. The maximum Gasteiger partial charge on any atom is 0.261 e. The van der Waals surface area contributed by atoms with Crippen LogP contribution in [0.25, 0.3) is 0 Å². The van der Waals surface area contributed by atoms with Crippen molar-refractivity contribution in [2.75, 3.05) is 13.2 Å². The molecule has 0 aromatic carbocycles. The van der Waals surface area contributed by atoms with E-state index >= 15 is 0 Å². The van der Waals surface area contributed by atoms with E-state index in [9.17, 15) is 8.78 Å². The molecule has 0 fully saturated rings. The third-order valence-electron chi connectivity index (χ3n) is 1.57. The molecule has 1 aromatic heterocycles. The van der Waals surface area contributed by atoms with Crippen LogP contribution in [-0.4, -0.2) is 24.6 Å². The van der Waals surface area contributed by atoms with Gasteiger partial charge in [-0.05, 0) is 0 Å². The van der Waals surface area contributed by atoms with Crippen LogP contribution >= 0.6 is 11.6 Å². The Morgan fingerprint density at radius 2 is 2.36 bits per heavy atom. The van der Waals surface area contributed by atoms with Crippen LogP contribution in [0.5, 0.6) is 0 Å². The standard InChI is InChI=1S/C8H10ClF2NO2/c9-3-6-7(14-5-12-6)1-2-13-4-8(10)11/h5,8H,1-4H2.